The third kappa shape index (κ3) is 10.7. The predicted octanol–water partition coefficient (Wildman–Crippen LogP) is 2.67. The van der Waals surface area contributed by atoms with Gasteiger partial charge in [-0.1, -0.05) is 18.2 Å². The van der Waals surface area contributed by atoms with Gasteiger partial charge < -0.3 is 25.6 Å². The maximum absolute atomic E-state index is 11.6. The Balaban J connectivity index is 1.47. The van der Waals surface area contributed by atoms with E-state index in [2.05, 4.69) is 61.1 Å². The van der Waals surface area contributed by atoms with Gasteiger partial charge in [-0.3, -0.25) is 9.89 Å². The Hall–Kier alpha value is -2.48. The van der Waals surface area contributed by atoms with Crippen LogP contribution >= 0.6 is 0 Å². The molecule has 8 heteroatoms. The highest BCUT2D eigenvalue weighted by atomic mass is 16.6. The number of benzene rings is 1. The van der Waals surface area contributed by atoms with E-state index in [1.807, 2.05) is 20.8 Å². The fourth-order valence-electron chi connectivity index (χ4n) is 3.56. The van der Waals surface area contributed by atoms with Gasteiger partial charge in [-0.05, 0) is 58.7 Å². The predicted molar refractivity (Wildman–Crippen MR) is 133 cm³/mol. The third-order valence-electron chi connectivity index (χ3n) is 5.23. The van der Waals surface area contributed by atoms with Crippen LogP contribution in [0.25, 0.3) is 0 Å². The number of hydrogen-bond acceptors (Lipinski definition) is 5. The zero-order chi connectivity index (χ0) is 23.2. The number of carbonyl (C=O) groups is 1. The van der Waals surface area contributed by atoms with E-state index in [1.165, 1.54) is 12.1 Å². The van der Waals surface area contributed by atoms with Crippen LogP contribution in [-0.2, 0) is 4.74 Å². The molecule has 1 heterocycles. The third-order valence-corrected chi connectivity index (χ3v) is 5.23. The Bertz CT molecular complexity index is 681. The molecule has 0 unspecified atom stereocenters. The quantitative estimate of drug-likeness (QED) is 0.291. The number of amides is 1. The molecule has 0 radical (unpaired) electrons. The summed E-state index contributed by atoms with van der Waals surface area (Å²) in [4.78, 5) is 20.9. The lowest BCUT2D eigenvalue weighted by Gasteiger charge is -2.36. The van der Waals surface area contributed by atoms with Gasteiger partial charge >= 0.3 is 6.09 Å². The first-order valence-corrected chi connectivity index (χ1v) is 11.8. The van der Waals surface area contributed by atoms with E-state index < -0.39 is 5.60 Å². The summed E-state index contributed by atoms with van der Waals surface area (Å²) in [5.74, 6) is 0.804. The van der Waals surface area contributed by atoms with Crippen molar-refractivity contribution in [1.29, 1.82) is 0 Å². The Morgan fingerprint density at radius 2 is 1.56 bits per heavy atom. The van der Waals surface area contributed by atoms with E-state index in [-0.39, 0.29) is 6.09 Å². The summed E-state index contributed by atoms with van der Waals surface area (Å²) in [6, 6.07) is 10.7. The van der Waals surface area contributed by atoms with Crippen LogP contribution in [-0.4, -0.2) is 82.0 Å². The summed E-state index contributed by atoms with van der Waals surface area (Å²) in [5.41, 5.74) is 0.862. The molecule has 2 rings (SSSR count). The fraction of sp³-hybridized carbons (Fsp3) is 0.667. The van der Waals surface area contributed by atoms with Gasteiger partial charge in [0.15, 0.2) is 5.96 Å². The van der Waals surface area contributed by atoms with E-state index in [4.69, 9.17) is 4.74 Å². The maximum Gasteiger partial charge on any atom is 0.407 e. The molecule has 32 heavy (non-hydrogen) atoms. The molecule has 1 amide bonds. The van der Waals surface area contributed by atoms with Gasteiger partial charge in [-0.2, -0.15) is 0 Å². The molecule has 0 bridgehead atoms. The van der Waals surface area contributed by atoms with E-state index in [0.29, 0.717) is 6.54 Å². The molecule has 0 spiro atoms. The van der Waals surface area contributed by atoms with Crippen molar-refractivity contribution in [2.45, 2.75) is 45.6 Å². The van der Waals surface area contributed by atoms with Crippen LogP contribution in [0.2, 0.25) is 0 Å². The first-order chi connectivity index (χ1) is 15.4. The Morgan fingerprint density at radius 1 is 0.938 bits per heavy atom. The number of piperazine rings is 1. The molecule has 0 saturated carbocycles. The summed E-state index contributed by atoms with van der Waals surface area (Å²) in [6.45, 7) is 13.4. The number of para-hydroxylation sites is 1. The summed E-state index contributed by atoms with van der Waals surface area (Å²) in [7, 11) is 1.78. The van der Waals surface area contributed by atoms with Gasteiger partial charge in [0.2, 0.25) is 0 Å². The van der Waals surface area contributed by atoms with E-state index in [0.717, 1.165) is 64.6 Å². The average Bonchev–Trinajstić information content (AvgIpc) is 2.77. The molecule has 0 atom stereocenters. The number of aliphatic imine (C=N–C) groups is 1. The molecule has 1 aromatic carbocycles. The number of nitrogens with zero attached hydrogens (tertiary/aromatic N) is 3. The Kier molecular flexibility index (Phi) is 11.1. The zero-order valence-electron chi connectivity index (χ0n) is 20.3. The molecule has 1 aliphatic heterocycles. The summed E-state index contributed by atoms with van der Waals surface area (Å²) < 4.78 is 5.22. The molecule has 8 nitrogen and oxygen atoms in total. The van der Waals surface area contributed by atoms with Crippen LogP contribution in [0.15, 0.2) is 35.3 Å². The monoisotopic (exact) mass is 446 g/mol. The number of rotatable bonds is 10. The van der Waals surface area contributed by atoms with Crippen molar-refractivity contribution in [2.24, 2.45) is 4.99 Å². The summed E-state index contributed by atoms with van der Waals surface area (Å²) >= 11 is 0. The standard InChI is InChI=1S/C24H42N6O2/c1-24(2,3)32-23(31)28-15-10-14-27-22(25-4)26-13-8-9-16-29-17-19-30(20-18-29)21-11-6-5-7-12-21/h5-7,11-12H,8-10,13-20H2,1-4H3,(H,28,31)(H2,25,26,27). The minimum Gasteiger partial charge on any atom is -0.444 e. The van der Waals surface area contributed by atoms with Crippen LogP contribution < -0.4 is 20.9 Å². The zero-order valence-corrected chi connectivity index (χ0v) is 20.3. The van der Waals surface area contributed by atoms with E-state index >= 15 is 0 Å². The number of guanidine groups is 1. The van der Waals surface area contributed by atoms with Gasteiger partial charge in [-0.25, -0.2) is 4.79 Å². The van der Waals surface area contributed by atoms with Crippen LogP contribution in [0.5, 0.6) is 0 Å². The molecular formula is C24H42N6O2. The fourth-order valence-corrected chi connectivity index (χ4v) is 3.56. The van der Waals surface area contributed by atoms with Gasteiger partial charge in [-0.15, -0.1) is 0 Å². The molecule has 0 aliphatic carbocycles. The molecule has 1 saturated heterocycles. The first kappa shape index (κ1) is 25.8. The van der Waals surface area contributed by atoms with Crippen molar-refractivity contribution in [3.05, 3.63) is 30.3 Å². The van der Waals surface area contributed by atoms with Crippen molar-refractivity contribution in [3.8, 4) is 0 Å². The van der Waals surface area contributed by atoms with Gasteiger partial charge in [0, 0.05) is 58.5 Å². The lowest BCUT2D eigenvalue weighted by molar-refractivity contribution is 0.0527. The first-order valence-electron chi connectivity index (χ1n) is 11.8. The largest absolute Gasteiger partial charge is 0.444 e. The van der Waals surface area contributed by atoms with Gasteiger partial charge in [0.25, 0.3) is 0 Å². The van der Waals surface area contributed by atoms with Gasteiger partial charge in [0.1, 0.15) is 5.60 Å². The van der Waals surface area contributed by atoms with E-state index in [1.54, 1.807) is 7.05 Å². The number of anilines is 1. The Morgan fingerprint density at radius 3 is 2.19 bits per heavy atom. The summed E-state index contributed by atoms with van der Waals surface area (Å²) in [5, 5.41) is 9.41. The van der Waals surface area contributed by atoms with E-state index in [9.17, 15) is 4.79 Å². The summed E-state index contributed by atoms with van der Waals surface area (Å²) in [6.07, 6.45) is 2.71. The second kappa shape index (κ2) is 13.8. The molecule has 180 valence electrons. The molecule has 1 aliphatic rings. The molecule has 3 N–H and O–H groups in total. The van der Waals surface area contributed by atoms with Crippen molar-refractivity contribution in [2.75, 3.05) is 64.3 Å². The van der Waals surface area contributed by atoms with Crippen molar-refractivity contribution >= 4 is 17.7 Å². The lowest BCUT2D eigenvalue weighted by Crippen LogP contribution is -2.46. The second-order valence-corrected chi connectivity index (χ2v) is 9.08. The maximum atomic E-state index is 11.6. The van der Waals surface area contributed by atoms with Gasteiger partial charge in [0.05, 0.1) is 0 Å². The average molecular weight is 447 g/mol. The minimum absolute atomic E-state index is 0.374. The lowest BCUT2D eigenvalue weighted by atomic mass is 10.2. The Labute approximate surface area is 193 Å². The normalized spacial score (nSPS) is 15.4. The van der Waals surface area contributed by atoms with Crippen LogP contribution in [0, 0.1) is 0 Å². The molecule has 1 fully saturated rings. The van der Waals surface area contributed by atoms with Crippen LogP contribution in [0.3, 0.4) is 0 Å². The number of carbonyl (C=O) groups excluding carboxylic acids is 1. The smallest absolute Gasteiger partial charge is 0.407 e. The number of ether oxygens (including phenoxy) is 1. The SMILES string of the molecule is CN=C(NCCCCN1CCN(c2ccccc2)CC1)NCCCNC(=O)OC(C)(C)C. The molecular weight excluding hydrogens is 404 g/mol. The van der Waals surface area contributed by atoms with Crippen LogP contribution in [0.1, 0.15) is 40.0 Å². The highest BCUT2D eigenvalue weighted by Crippen LogP contribution is 2.15. The highest BCUT2D eigenvalue weighted by molar-refractivity contribution is 5.79. The topological polar surface area (TPSA) is 81.2 Å². The number of unbranched alkanes of at least 4 members (excludes halogenated alkanes) is 1. The number of nitrogens with one attached hydrogen (secondary N) is 3. The van der Waals surface area contributed by atoms with Crippen molar-refractivity contribution in [1.82, 2.24) is 20.9 Å². The number of alkyl carbamates (subject to hydrolysis) is 1. The second-order valence-electron chi connectivity index (χ2n) is 9.08. The van der Waals surface area contributed by atoms with Crippen molar-refractivity contribution in [3.63, 3.8) is 0 Å². The molecule has 1 aromatic rings. The molecule has 0 aromatic heterocycles. The highest BCUT2D eigenvalue weighted by Gasteiger charge is 2.17. The van der Waals surface area contributed by atoms with Crippen molar-refractivity contribution < 1.29 is 9.53 Å². The minimum atomic E-state index is -0.467. The number of hydrogen-bond donors (Lipinski definition) is 3. The van der Waals surface area contributed by atoms with Crippen LogP contribution in [0.4, 0.5) is 10.5 Å².